The van der Waals surface area contributed by atoms with Gasteiger partial charge in [-0.3, -0.25) is 4.79 Å². The van der Waals surface area contributed by atoms with Gasteiger partial charge in [-0.25, -0.2) is 0 Å². The summed E-state index contributed by atoms with van der Waals surface area (Å²) in [6.45, 7) is 6.08. The van der Waals surface area contributed by atoms with Crippen molar-refractivity contribution in [2.45, 2.75) is 64.9 Å². The molecule has 0 spiro atoms. The molecular weight excluding hydrogens is 214 g/mol. The van der Waals surface area contributed by atoms with E-state index >= 15 is 0 Å². The number of hydrogen-bond acceptors (Lipinski definition) is 2. The predicted molar refractivity (Wildman–Crippen MR) is 67.2 cm³/mol. The van der Waals surface area contributed by atoms with Gasteiger partial charge in [0.1, 0.15) is 0 Å². The van der Waals surface area contributed by atoms with Gasteiger partial charge < -0.3 is 10.8 Å². The summed E-state index contributed by atoms with van der Waals surface area (Å²) < 4.78 is 0. The lowest BCUT2D eigenvalue weighted by molar-refractivity contribution is -0.189. The first-order chi connectivity index (χ1) is 7.64. The number of carbonyl (C=O) groups excluding carboxylic acids is 1. The zero-order valence-electron chi connectivity index (χ0n) is 11.3. The number of rotatable bonds is 0. The molecule has 4 saturated carbocycles. The Bertz CT molecular complexity index is 284. The summed E-state index contributed by atoms with van der Waals surface area (Å²) in [6, 6.07) is 0. The molecule has 17 heavy (non-hydrogen) atoms. The van der Waals surface area contributed by atoms with Crippen molar-refractivity contribution in [3.05, 3.63) is 0 Å². The lowest BCUT2D eigenvalue weighted by Crippen LogP contribution is -2.58. The fourth-order valence-corrected chi connectivity index (χ4v) is 5.39. The standard InChI is InChI=1S/C12H20O.C2H5NO/c1-10-3-9-4-11(2,6-10)8-12(13,5-9)7-10;1-2(3)4/h9,13H,3-8H2,1-2H3;1H3,(H2,3,4). The van der Waals surface area contributed by atoms with Crippen molar-refractivity contribution in [1.29, 1.82) is 0 Å². The van der Waals surface area contributed by atoms with Crippen LogP contribution in [0.15, 0.2) is 0 Å². The van der Waals surface area contributed by atoms with Crippen molar-refractivity contribution in [3.63, 3.8) is 0 Å². The topological polar surface area (TPSA) is 63.3 Å². The third-order valence-electron chi connectivity index (χ3n) is 4.60. The van der Waals surface area contributed by atoms with Crippen LogP contribution >= 0.6 is 0 Å². The van der Waals surface area contributed by atoms with Crippen LogP contribution in [-0.4, -0.2) is 16.6 Å². The quantitative estimate of drug-likeness (QED) is 0.681. The maximum Gasteiger partial charge on any atom is 0.214 e. The largest absolute Gasteiger partial charge is 0.390 e. The fraction of sp³-hybridized carbons (Fsp3) is 0.929. The van der Waals surface area contributed by atoms with E-state index in [0.29, 0.717) is 10.8 Å². The second-order valence-corrected chi connectivity index (χ2v) is 7.47. The van der Waals surface area contributed by atoms with E-state index in [4.69, 9.17) is 0 Å². The molecule has 4 bridgehead atoms. The molecule has 0 heterocycles. The van der Waals surface area contributed by atoms with E-state index in [-0.39, 0.29) is 11.5 Å². The minimum absolute atomic E-state index is 0.275. The van der Waals surface area contributed by atoms with E-state index in [2.05, 4.69) is 19.6 Å². The Labute approximate surface area is 104 Å². The highest BCUT2D eigenvalue weighted by Crippen LogP contribution is 2.66. The van der Waals surface area contributed by atoms with Gasteiger partial charge in [0.15, 0.2) is 0 Å². The average Bonchev–Trinajstić information content (AvgIpc) is 1.90. The zero-order valence-corrected chi connectivity index (χ0v) is 11.3. The van der Waals surface area contributed by atoms with Crippen molar-refractivity contribution in [2.24, 2.45) is 22.5 Å². The molecule has 4 aliphatic carbocycles. The van der Waals surface area contributed by atoms with Crippen molar-refractivity contribution < 1.29 is 9.90 Å². The Hall–Kier alpha value is -0.570. The Balaban J connectivity index is 0.000000239. The molecule has 2 unspecified atom stereocenters. The molecule has 1 amide bonds. The van der Waals surface area contributed by atoms with Gasteiger partial charge in [-0.15, -0.1) is 0 Å². The minimum Gasteiger partial charge on any atom is -0.390 e. The van der Waals surface area contributed by atoms with Crippen LogP contribution in [0.25, 0.3) is 0 Å². The number of hydrogen-bond donors (Lipinski definition) is 2. The van der Waals surface area contributed by atoms with E-state index < -0.39 is 0 Å². The molecule has 4 rings (SSSR count). The summed E-state index contributed by atoms with van der Waals surface area (Å²) >= 11 is 0. The van der Waals surface area contributed by atoms with E-state index in [1.165, 1.54) is 26.2 Å². The highest BCUT2D eigenvalue weighted by molar-refractivity contribution is 5.70. The number of amides is 1. The molecule has 4 fully saturated rings. The first kappa shape index (κ1) is 12.9. The van der Waals surface area contributed by atoms with E-state index in [1.54, 1.807) is 0 Å². The van der Waals surface area contributed by atoms with Crippen LogP contribution in [0.2, 0.25) is 0 Å². The summed E-state index contributed by atoms with van der Waals surface area (Å²) in [7, 11) is 0. The predicted octanol–water partition coefficient (Wildman–Crippen LogP) is 2.22. The van der Waals surface area contributed by atoms with Crippen molar-refractivity contribution in [1.82, 2.24) is 0 Å². The lowest BCUT2D eigenvalue weighted by Gasteiger charge is -2.63. The smallest absolute Gasteiger partial charge is 0.214 e. The lowest BCUT2D eigenvalue weighted by atomic mass is 9.44. The summed E-state index contributed by atoms with van der Waals surface area (Å²) in [5, 5.41) is 10.4. The fourth-order valence-electron chi connectivity index (χ4n) is 5.39. The molecule has 3 nitrogen and oxygen atoms in total. The SMILES string of the molecule is CC(N)=O.CC12CC3CC(C)(C1)CC(O)(C3)C2. The Kier molecular flexibility index (Phi) is 2.81. The van der Waals surface area contributed by atoms with E-state index in [9.17, 15) is 9.90 Å². The maximum atomic E-state index is 10.4. The van der Waals surface area contributed by atoms with Crippen LogP contribution in [0.3, 0.4) is 0 Å². The highest BCUT2D eigenvalue weighted by Gasteiger charge is 2.59. The zero-order chi connectivity index (χ0) is 12.9. The van der Waals surface area contributed by atoms with Gasteiger partial charge in [0.2, 0.25) is 5.91 Å². The van der Waals surface area contributed by atoms with E-state index in [0.717, 1.165) is 25.2 Å². The summed E-state index contributed by atoms with van der Waals surface area (Å²) in [6.07, 6.45) is 7.37. The van der Waals surface area contributed by atoms with Gasteiger partial charge in [-0.1, -0.05) is 13.8 Å². The van der Waals surface area contributed by atoms with Crippen LogP contribution < -0.4 is 5.73 Å². The maximum absolute atomic E-state index is 10.4. The van der Waals surface area contributed by atoms with Crippen LogP contribution in [0.1, 0.15) is 59.3 Å². The summed E-state index contributed by atoms with van der Waals surface area (Å²) in [4.78, 5) is 9.22. The van der Waals surface area contributed by atoms with Crippen LogP contribution in [0.5, 0.6) is 0 Å². The highest BCUT2D eigenvalue weighted by atomic mass is 16.3. The Morgan fingerprint density at radius 2 is 1.53 bits per heavy atom. The van der Waals surface area contributed by atoms with Crippen LogP contribution in [0.4, 0.5) is 0 Å². The molecule has 0 radical (unpaired) electrons. The molecule has 0 aromatic carbocycles. The third-order valence-corrected chi connectivity index (χ3v) is 4.60. The van der Waals surface area contributed by atoms with E-state index in [1.807, 2.05) is 0 Å². The molecule has 3 N–H and O–H groups in total. The van der Waals surface area contributed by atoms with Gasteiger partial charge in [0, 0.05) is 6.92 Å². The van der Waals surface area contributed by atoms with Gasteiger partial charge in [-0.05, 0) is 55.3 Å². The molecule has 4 aliphatic rings. The van der Waals surface area contributed by atoms with Crippen molar-refractivity contribution in [3.8, 4) is 0 Å². The molecule has 0 aromatic heterocycles. The molecule has 0 aromatic rings. The Morgan fingerprint density at radius 1 is 1.12 bits per heavy atom. The molecular formula is C14H25NO2. The van der Waals surface area contributed by atoms with Crippen molar-refractivity contribution >= 4 is 5.91 Å². The second-order valence-electron chi connectivity index (χ2n) is 7.47. The first-order valence-corrected chi connectivity index (χ1v) is 6.62. The average molecular weight is 239 g/mol. The third kappa shape index (κ3) is 2.65. The van der Waals surface area contributed by atoms with Crippen LogP contribution in [0, 0.1) is 16.7 Å². The summed E-state index contributed by atoms with van der Waals surface area (Å²) in [5.74, 6) is 0.497. The van der Waals surface area contributed by atoms with Crippen molar-refractivity contribution in [2.75, 3.05) is 0 Å². The molecule has 0 saturated heterocycles. The molecule has 98 valence electrons. The second kappa shape index (κ2) is 3.71. The number of primary amides is 1. The monoisotopic (exact) mass is 239 g/mol. The van der Waals surface area contributed by atoms with Gasteiger partial charge in [-0.2, -0.15) is 0 Å². The van der Waals surface area contributed by atoms with Crippen LogP contribution in [-0.2, 0) is 4.79 Å². The Morgan fingerprint density at radius 3 is 1.82 bits per heavy atom. The van der Waals surface area contributed by atoms with Gasteiger partial charge in [0.25, 0.3) is 0 Å². The summed E-state index contributed by atoms with van der Waals surface area (Å²) in [5.41, 5.74) is 5.15. The molecule has 0 aliphatic heterocycles. The normalized spacial score (nSPS) is 50.7. The number of aliphatic hydroxyl groups is 1. The first-order valence-electron chi connectivity index (χ1n) is 6.62. The minimum atomic E-state index is -0.333. The van der Waals surface area contributed by atoms with Gasteiger partial charge >= 0.3 is 0 Å². The number of carbonyl (C=O) groups is 1. The van der Waals surface area contributed by atoms with Gasteiger partial charge in [0.05, 0.1) is 5.60 Å². The molecule has 2 atom stereocenters. The number of nitrogens with two attached hydrogens (primary N) is 1. The molecule has 3 heteroatoms.